The Kier molecular flexibility index (Phi) is 5.98. The summed E-state index contributed by atoms with van der Waals surface area (Å²) in [5, 5.41) is 2.92. The molecule has 0 aliphatic carbocycles. The number of amides is 1. The number of anilines is 1. The van der Waals surface area contributed by atoms with Crippen molar-refractivity contribution in [3.63, 3.8) is 0 Å². The molecule has 2 rings (SSSR count). The van der Waals surface area contributed by atoms with E-state index in [-0.39, 0.29) is 12.0 Å². The molecular weight excluding hydrogens is 292 g/mol. The van der Waals surface area contributed by atoms with E-state index in [4.69, 9.17) is 4.74 Å². The van der Waals surface area contributed by atoms with E-state index in [9.17, 15) is 4.79 Å². The Hall–Kier alpha value is -2.08. The number of carbonyl (C=O) groups excluding carboxylic acids is 1. The highest BCUT2D eigenvalue weighted by Crippen LogP contribution is 2.16. The zero-order valence-corrected chi connectivity index (χ0v) is 14.4. The first-order valence-electron chi connectivity index (χ1n) is 7.88. The van der Waals surface area contributed by atoms with Crippen LogP contribution in [0.5, 0.6) is 0 Å². The molecule has 0 spiro atoms. The van der Waals surface area contributed by atoms with Crippen molar-refractivity contribution >= 4 is 17.6 Å². The maximum absolute atomic E-state index is 12.1. The summed E-state index contributed by atoms with van der Waals surface area (Å²) < 4.78 is 5.40. The summed E-state index contributed by atoms with van der Waals surface area (Å²) in [6.07, 6.45) is 1.43. The summed E-state index contributed by atoms with van der Waals surface area (Å²) in [6, 6.07) is 7.79. The van der Waals surface area contributed by atoms with E-state index in [1.807, 2.05) is 62.3 Å². The van der Waals surface area contributed by atoms with Gasteiger partial charge in [-0.2, -0.15) is 0 Å². The van der Waals surface area contributed by atoms with Crippen molar-refractivity contribution < 1.29 is 9.53 Å². The summed E-state index contributed by atoms with van der Waals surface area (Å²) in [5.74, 6) is 0.837. The van der Waals surface area contributed by atoms with Crippen LogP contribution >= 0.6 is 0 Å². The normalized spacial score (nSPS) is 16.8. The largest absolute Gasteiger partial charge is 0.368 e. The molecule has 1 heterocycles. The van der Waals surface area contributed by atoms with Crippen LogP contribution in [0.15, 0.2) is 29.3 Å². The SMILES string of the molecule is CN(C)C(=NCc1cccc(NC(=O)[C@H]2CCCO2)c1)N(C)C. The second-order valence-corrected chi connectivity index (χ2v) is 6.10. The van der Waals surface area contributed by atoms with Gasteiger partial charge in [-0.05, 0) is 30.5 Å². The molecule has 6 nitrogen and oxygen atoms in total. The lowest BCUT2D eigenvalue weighted by Crippen LogP contribution is -2.35. The highest BCUT2D eigenvalue weighted by atomic mass is 16.5. The fourth-order valence-electron chi connectivity index (χ4n) is 2.60. The van der Waals surface area contributed by atoms with Crippen LogP contribution in [0.1, 0.15) is 18.4 Å². The van der Waals surface area contributed by atoms with Crippen LogP contribution in [-0.2, 0) is 16.1 Å². The first-order chi connectivity index (χ1) is 11.0. The van der Waals surface area contributed by atoms with E-state index in [0.29, 0.717) is 13.2 Å². The number of benzene rings is 1. The molecule has 0 radical (unpaired) electrons. The monoisotopic (exact) mass is 318 g/mol. The highest BCUT2D eigenvalue weighted by Gasteiger charge is 2.23. The number of hydrogen-bond acceptors (Lipinski definition) is 3. The van der Waals surface area contributed by atoms with E-state index < -0.39 is 0 Å². The van der Waals surface area contributed by atoms with Gasteiger partial charge in [0.25, 0.3) is 5.91 Å². The molecular formula is C17H26N4O2. The predicted octanol–water partition coefficient (Wildman–Crippen LogP) is 1.78. The third-order valence-corrected chi connectivity index (χ3v) is 3.62. The van der Waals surface area contributed by atoms with Gasteiger partial charge >= 0.3 is 0 Å². The molecule has 0 bridgehead atoms. The van der Waals surface area contributed by atoms with Gasteiger partial charge in [0.1, 0.15) is 6.10 Å². The minimum Gasteiger partial charge on any atom is -0.368 e. The van der Waals surface area contributed by atoms with Crippen molar-refractivity contribution in [3.05, 3.63) is 29.8 Å². The number of ether oxygens (including phenoxy) is 1. The summed E-state index contributed by atoms with van der Waals surface area (Å²) in [7, 11) is 7.88. The number of guanidine groups is 1. The Bertz CT molecular complexity index is 553. The Balaban J connectivity index is 2.01. The molecule has 1 saturated heterocycles. The average Bonchev–Trinajstić information content (AvgIpc) is 3.01. The van der Waals surface area contributed by atoms with Gasteiger partial charge in [0.05, 0.1) is 6.54 Å². The van der Waals surface area contributed by atoms with E-state index in [2.05, 4.69) is 10.3 Å². The number of rotatable bonds is 4. The third kappa shape index (κ3) is 4.96. The Labute approximate surface area is 138 Å². The van der Waals surface area contributed by atoms with Crippen LogP contribution in [0, 0.1) is 0 Å². The second kappa shape index (κ2) is 7.97. The van der Waals surface area contributed by atoms with Gasteiger partial charge in [-0.25, -0.2) is 4.99 Å². The molecule has 1 aliphatic rings. The topological polar surface area (TPSA) is 57.2 Å². The molecule has 0 saturated carbocycles. The standard InChI is InChI=1S/C17H26N4O2/c1-20(2)17(21(3)4)18-12-13-7-5-8-14(11-13)19-16(22)15-9-6-10-23-15/h5,7-8,11,15H,6,9-10,12H2,1-4H3,(H,19,22)/t15-/m1/s1. The van der Waals surface area contributed by atoms with Gasteiger partial charge in [0, 0.05) is 40.5 Å². The van der Waals surface area contributed by atoms with Crippen molar-refractivity contribution in [1.82, 2.24) is 9.80 Å². The second-order valence-electron chi connectivity index (χ2n) is 6.10. The van der Waals surface area contributed by atoms with Crippen LogP contribution in [0.2, 0.25) is 0 Å². The lowest BCUT2D eigenvalue weighted by atomic mass is 10.2. The lowest BCUT2D eigenvalue weighted by Gasteiger charge is -2.22. The number of hydrogen-bond donors (Lipinski definition) is 1. The van der Waals surface area contributed by atoms with Gasteiger partial charge in [0.15, 0.2) is 5.96 Å². The van der Waals surface area contributed by atoms with Crippen LogP contribution in [0.3, 0.4) is 0 Å². The van der Waals surface area contributed by atoms with Gasteiger partial charge in [0.2, 0.25) is 0 Å². The Morgan fingerprint density at radius 3 is 2.65 bits per heavy atom. The van der Waals surface area contributed by atoms with Crippen LogP contribution in [0.25, 0.3) is 0 Å². The number of nitrogens with zero attached hydrogens (tertiary/aromatic N) is 3. The quantitative estimate of drug-likeness (QED) is 0.679. The summed E-state index contributed by atoms with van der Waals surface area (Å²) in [6.45, 7) is 1.24. The van der Waals surface area contributed by atoms with Gasteiger partial charge in [-0.15, -0.1) is 0 Å². The lowest BCUT2D eigenvalue weighted by molar-refractivity contribution is -0.124. The maximum Gasteiger partial charge on any atom is 0.253 e. The molecule has 1 amide bonds. The molecule has 1 atom stereocenters. The van der Waals surface area contributed by atoms with Crippen LogP contribution < -0.4 is 5.32 Å². The first-order valence-corrected chi connectivity index (χ1v) is 7.88. The highest BCUT2D eigenvalue weighted by molar-refractivity contribution is 5.94. The average molecular weight is 318 g/mol. The molecule has 1 aliphatic heterocycles. The van der Waals surface area contributed by atoms with Gasteiger partial charge in [-0.1, -0.05) is 12.1 Å². The predicted molar refractivity (Wildman–Crippen MR) is 92.6 cm³/mol. The Morgan fingerprint density at radius 1 is 1.30 bits per heavy atom. The molecule has 1 N–H and O–H groups in total. The van der Waals surface area contributed by atoms with Crippen molar-refractivity contribution in [2.75, 3.05) is 40.1 Å². The zero-order valence-electron chi connectivity index (χ0n) is 14.4. The first kappa shape index (κ1) is 17.3. The van der Waals surface area contributed by atoms with Gasteiger partial charge < -0.3 is 19.9 Å². The molecule has 1 aromatic carbocycles. The molecule has 6 heteroatoms. The van der Waals surface area contributed by atoms with Crippen LogP contribution in [0.4, 0.5) is 5.69 Å². The van der Waals surface area contributed by atoms with E-state index in [0.717, 1.165) is 30.1 Å². The van der Waals surface area contributed by atoms with E-state index in [1.165, 1.54) is 0 Å². The third-order valence-electron chi connectivity index (χ3n) is 3.62. The summed E-state index contributed by atoms with van der Waals surface area (Å²) in [4.78, 5) is 20.7. The van der Waals surface area contributed by atoms with Gasteiger partial charge in [-0.3, -0.25) is 4.79 Å². The molecule has 0 unspecified atom stereocenters. The zero-order chi connectivity index (χ0) is 16.8. The molecule has 126 valence electrons. The van der Waals surface area contributed by atoms with Crippen molar-refractivity contribution in [1.29, 1.82) is 0 Å². The van der Waals surface area contributed by atoms with E-state index in [1.54, 1.807) is 0 Å². The number of nitrogens with one attached hydrogen (secondary N) is 1. The van der Waals surface area contributed by atoms with Crippen molar-refractivity contribution in [3.8, 4) is 0 Å². The molecule has 1 aromatic rings. The minimum absolute atomic E-state index is 0.0644. The number of aliphatic imine (C=N–C) groups is 1. The minimum atomic E-state index is -0.314. The van der Waals surface area contributed by atoms with Crippen molar-refractivity contribution in [2.45, 2.75) is 25.5 Å². The fourth-order valence-corrected chi connectivity index (χ4v) is 2.60. The molecule has 23 heavy (non-hydrogen) atoms. The van der Waals surface area contributed by atoms with E-state index >= 15 is 0 Å². The summed E-state index contributed by atoms with van der Waals surface area (Å²) in [5.41, 5.74) is 1.84. The maximum atomic E-state index is 12.1. The summed E-state index contributed by atoms with van der Waals surface area (Å²) >= 11 is 0. The molecule has 1 fully saturated rings. The number of carbonyl (C=O) groups is 1. The Morgan fingerprint density at radius 2 is 2.04 bits per heavy atom. The molecule has 0 aromatic heterocycles. The van der Waals surface area contributed by atoms with Crippen LogP contribution in [-0.4, -0.2) is 62.6 Å². The van der Waals surface area contributed by atoms with Crippen molar-refractivity contribution in [2.24, 2.45) is 4.99 Å². The smallest absolute Gasteiger partial charge is 0.253 e. The fraction of sp³-hybridized carbons (Fsp3) is 0.529.